The maximum atomic E-state index is 10.1. The maximum absolute atomic E-state index is 10.1. The molecule has 8 nitrogen and oxygen atoms in total. The molecule has 0 saturated carbocycles. The summed E-state index contributed by atoms with van der Waals surface area (Å²) in [4.78, 5) is 14.3. The summed E-state index contributed by atoms with van der Waals surface area (Å²) >= 11 is 0. The van der Waals surface area contributed by atoms with Gasteiger partial charge in [-0.05, 0) is 49.2 Å². The number of hydrogen-bond donors (Lipinski definition) is 1. The average Bonchev–Trinajstić information content (AvgIpc) is 3.18. The van der Waals surface area contributed by atoms with Crippen molar-refractivity contribution in [2.45, 2.75) is 33.0 Å². The Morgan fingerprint density at radius 2 is 1.91 bits per heavy atom. The third-order valence-electron chi connectivity index (χ3n) is 6.53. The number of fused-ring (bicyclic) bond motifs is 2. The van der Waals surface area contributed by atoms with Crippen LogP contribution in [-0.4, -0.2) is 56.0 Å². The molecule has 0 amide bonds. The summed E-state index contributed by atoms with van der Waals surface area (Å²) in [7, 11) is 3.56. The van der Waals surface area contributed by atoms with Gasteiger partial charge >= 0.3 is 0 Å². The second kappa shape index (κ2) is 9.04. The number of hydrogen-bond acceptors (Lipinski definition) is 7. The molecule has 8 heteroatoms. The van der Waals surface area contributed by atoms with E-state index in [0.29, 0.717) is 6.04 Å². The molecule has 176 valence electrons. The molecule has 1 aromatic carbocycles. The van der Waals surface area contributed by atoms with Gasteiger partial charge in [-0.3, -0.25) is 14.6 Å². The summed E-state index contributed by atoms with van der Waals surface area (Å²) < 4.78 is 7.35. The average molecular weight is 459 g/mol. The fourth-order valence-electron chi connectivity index (χ4n) is 4.55. The van der Waals surface area contributed by atoms with Gasteiger partial charge in [0.15, 0.2) is 0 Å². The Labute approximate surface area is 199 Å². The number of methoxy groups -OCH3 is 1. The lowest BCUT2D eigenvalue weighted by Gasteiger charge is -2.26. The first kappa shape index (κ1) is 22.3. The highest BCUT2D eigenvalue weighted by Gasteiger charge is 2.26. The first-order chi connectivity index (χ1) is 16.5. The van der Waals surface area contributed by atoms with E-state index >= 15 is 0 Å². The van der Waals surface area contributed by atoms with Crippen LogP contribution in [-0.2, 0) is 20.2 Å². The Morgan fingerprint density at radius 3 is 2.62 bits per heavy atom. The molecule has 5 rings (SSSR count). The van der Waals surface area contributed by atoms with E-state index in [4.69, 9.17) is 9.72 Å². The van der Waals surface area contributed by atoms with Crippen LogP contribution >= 0.6 is 0 Å². The molecule has 0 aliphatic carbocycles. The van der Waals surface area contributed by atoms with Crippen molar-refractivity contribution in [3.05, 3.63) is 60.0 Å². The molecule has 0 unspecified atom stereocenters. The topological polar surface area (TPSA) is 79.5 Å². The van der Waals surface area contributed by atoms with Gasteiger partial charge in [-0.25, -0.2) is 4.98 Å². The van der Waals surface area contributed by atoms with E-state index < -0.39 is 0 Å². The van der Waals surface area contributed by atoms with Crippen molar-refractivity contribution in [2.24, 2.45) is 7.05 Å². The molecule has 0 radical (unpaired) electrons. The van der Waals surface area contributed by atoms with Gasteiger partial charge in [-0.15, -0.1) is 0 Å². The molecule has 0 spiro atoms. The second-order valence-electron chi connectivity index (χ2n) is 8.99. The van der Waals surface area contributed by atoms with Gasteiger partial charge in [-0.2, -0.15) is 5.10 Å². The molecule has 0 bridgehead atoms. The van der Waals surface area contributed by atoms with E-state index in [1.54, 1.807) is 11.8 Å². The van der Waals surface area contributed by atoms with E-state index in [2.05, 4.69) is 45.9 Å². The summed E-state index contributed by atoms with van der Waals surface area (Å²) in [5.74, 6) is 1.58. The monoisotopic (exact) mass is 458 g/mol. The first-order valence-corrected chi connectivity index (χ1v) is 11.5. The summed E-state index contributed by atoms with van der Waals surface area (Å²) in [6.45, 7) is 6.80. The number of pyridine rings is 2. The highest BCUT2D eigenvalue weighted by molar-refractivity contribution is 5.82. The van der Waals surface area contributed by atoms with Gasteiger partial charge < -0.3 is 14.7 Å². The number of aliphatic hydroxyl groups excluding tert-OH is 1. The lowest BCUT2D eigenvalue weighted by molar-refractivity contribution is 0.220. The van der Waals surface area contributed by atoms with Crippen LogP contribution in [0.5, 0.6) is 5.75 Å². The molecule has 0 saturated heterocycles. The SMILES string of the molecule is COc1cc(CO)c2c(c1)N(c1ccc3ncc(-c4cnn(C)c4)cc3n1)CCN(C(C)C)C2. The smallest absolute Gasteiger partial charge is 0.133 e. The van der Waals surface area contributed by atoms with E-state index in [1.807, 2.05) is 43.8 Å². The number of aromatic nitrogens is 4. The van der Waals surface area contributed by atoms with Crippen molar-refractivity contribution < 1.29 is 9.84 Å². The summed E-state index contributed by atoms with van der Waals surface area (Å²) in [5, 5.41) is 14.4. The molecule has 0 fully saturated rings. The molecule has 34 heavy (non-hydrogen) atoms. The minimum absolute atomic E-state index is 0.0388. The zero-order valence-corrected chi connectivity index (χ0v) is 20.1. The van der Waals surface area contributed by atoms with E-state index in [-0.39, 0.29) is 6.61 Å². The third-order valence-corrected chi connectivity index (χ3v) is 6.53. The Balaban J connectivity index is 1.63. The normalized spacial score (nSPS) is 14.5. The number of aliphatic hydroxyl groups is 1. The molecular weight excluding hydrogens is 428 g/mol. The molecule has 1 N–H and O–H groups in total. The first-order valence-electron chi connectivity index (χ1n) is 11.5. The number of nitrogens with zero attached hydrogens (tertiary/aromatic N) is 6. The van der Waals surface area contributed by atoms with Crippen LogP contribution in [0.4, 0.5) is 11.5 Å². The van der Waals surface area contributed by atoms with Gasteiger partial charge in [0.25, 0.3) is 0 Å². The predicted octanol–water partition coefficient (Wildman–Crippen LogP) is 3.89. The highest BCUT2D eigenvalue weighted by atomic mass is 16.5. The fraction of sp³-hybridized carbons (Fsp3) is 0.346. The van der Waals surface area contributed by atoms with Crippen molar-refractivity contribution in [3.8, 4) is 16.9 Å². The number of anilines is 2. The van der Waals surface area contributed by atoms with Crippen molar-refractivity contribution in [3.63, 3.8) is 0 Å². The third kappa shape index (κ3) is 4.10. The number of aryl methyl sites for hydroxylation is 1. The van der Waals surface area contributed by atoms with E-state index in [0.717, 1.165) is 70.2 Å². The maximum Gasteiger partial charge on any atom is 0.133 e. The van der Waals surface area contributed by atoms with E-state index in [9.17, 15) is 5.11 Å². The summed E-state index contributed by atoms with van der Waals surface area (Å²) in [5.41, 5.74) is 6.68. The zero-order chi connectivity index (χ0) is 23.8. The lowest BCUT2D eigenvalue weighted by atomic mass is 10.0. The summed E-state index contributed by atoms with van der Waals surface area (Å²) in [6, 6.07) is 10.5. The van der Waals surface area contributed by atoms with Gasteiger partial charge in [0.05, 0.1) is 36.6 Å². The minimum atomic E-state index is -0.0388. The standard InChI is InChI=1S/C26H30N6O2/c1-17(2)31-7-8-32(25-11-21(34-4)9-19(16-33)22(25)15-31)26-6-5-23-24(29-26)10-18(12-27-23)20-13-28-30(3)14-20/h5-6,9-14,17,33H,7-8,15-16H2,1-4H3. The molecule has 1 aliphatic heterocycles. The van der Waals surface area contributed by atoms with Crippen LogP contribution in [0, 0.1) is 0 Å². The summed E-state index contributed by atoms with van der Waals surface area (Å²) in [6.07, 6.45) is 5.67. The van der Waals surface area contributed by atoms with Gasteiger partial charge in [0.1, 0.15) is 11.6 Å². The van der Waals surface area contributed by atoms with E-state index in [1.165, 1.54) is 0 Å². The van der Waals surface area contributed by atoms with Crippen molar-refractivity contribution >= 4 is 22.5 Å². The molecular formula is C26H30N6O2. The van der Waals surface area contributed by atoms with Crippen molar-refractivity contribution in [1.29, 1.82) is 0 Å². The van der Waals surface area contributed by atoms with Gasteiger partial charge in [0.2, 0.25) is 0 Å². The fourth-order valence-corrected chi connectivity index (χ4v) is 4.55. The molecule has 4 aromatic rings. The Hall–Kier alpha value is -3.49. The number of rotatable bonds is 5. The molecule has 3 aromatic heterocycles. The highest BCUT2D eigenvalue weighted by Crippen LogP contribution is 2.37. The van der Waals surface area contributed by atoms with Crippen LogP contribution in [0.15, 0.2) is 48.9 Å². The largest absolute Gasteiger partial charge is 0.497 e. The molecule has 1 aliphatic rings. The Bertz CT molecular complexity index is 1330. The Kier molecular flexibility index (Phi) is 5.93. The molecule has 0 atom stereocenters. The second-order valence-corrected chi connectivity index (χ2v) is 8.99. The number of benzene rings is 1. The predicted molar refractivity (Wildman–Crippen MR) is 133 cm³/mol. The van der Waals surface area contributed by atoms with Crippen LogP contribution in [0.25, 0.3) is 22.2 Å². The number of ether oxygens (including phenoxy) is 1. The van der Waals surface area contributed by atoms with Crippen LogP contribution in [0.1, 0.15) is 25.0 Å². The van der Waals surface area contributed by atoms with Crippen LogP contribution in [0.3, 0.4) is 0 Å². The minimum Gasteiger partial charge on any atom is -0.497 e. The lowest BCUT2D eigenvalue weighted by Crippen LogP contribution is -2.34. The quantitative estimate of drug-likeness (QED) is 0.486. The zero-order valence-electron chi connectivity index (χ0n) is 20.1. The van der Waals surface area contributed by atoms with Gasteiger partial charge in [-0.1, -0.05) is 0 Å². The van der Waals surface area contributed by atoms with Crippen molar-refractivity contribution in [2.75, 3.05) is 25.1 Å². The Morgan fingerprint density at radius 1 is 1.06 bits per heavy atom. The van der Waals surface area contributed by atoms with Crippen molar-refractivity contribution in [1.82, 2.24) is 24.6 Å². The van der Waals surface area contributed by atoms with Crippen LogP contribution < -0.4 is 9.64 Å². The van der Waals surface area contributed by atoms with Gasteiger partial charge in [0, 0.05) is 62.3 Å². The molecule has 4 heterocycles. The van der Waals surface area contributed by atoms with Crippen LogP contribution in [0.2, 0.25) is 0 Å².